The number of hydrogen-bond acceptors (Lipinski definition) is 5. The van der Waals surface area contributed by atoms with E-state index in [4.69, 9.17) is 23.4 Å². The predicted molar refractivity (Wildman–Crippen MR) is 97.5 cm³/mol. The van der Waals surface area contributed by atoms with Gasteiger partial charge in [-0.15, -0.1) is 11.3 Å². The number of thiophene rings is 1. The Labute approximate surface area is 148 Å². The molecule has 1 aromatic carbocycles. The minimum absolute atomic E-state index is 0.739. The van der Waals surface area contributed by atoms with Crippen LogP contribution in [0.25, 0.3) is 21.3 Å². The molecule has 23 heavy (non-hydrogen) atoms. The van der Waals surface area contributed by atoms with Gasteiger partial charge in [0.2, 0.25) is 0 Å². The van der Waals surface area contributed by atoms with Crippen molar-refractivity contribution in [3.63, 3.8) is 0 Å². The van der Waals surface area contributed by atoms with Gasteiger partial charge in [-0.25, -0.2) is 14.4 Å². The summed E-state index contributed by atoms with van der Waals surface area (Å²) >= 11 is 13.7. The molecule has 1 fully saturated rings. The molecule has 0 radical (unpaired) electrons. The zero-order valence-electron chi connectivity index (χ0n) is 12.2. The molecule has 4 nitrogen and oxygen atoms in total. The quantitative estimate of drug-likeness (QED) is 0.635. The summed E-state index contributed by atoms with van der Waals surface area (Å²) in [6, 6.07) is 7.90. The number of piperazine rings is 1. The molecular weight excluding hydrogens is 351 g/mol. The van der Waals surface area contributed by atoms with E-state index < -0.39 is 0 Å². The maximum absolute atomic E-state index is 6.07. The van der Waals surface area contributed by atoms with Crippen molar-refractivity contribution >= 4 is 50.7 Å². The zero-order chi connectivity index (χ0) is 15.8. The van der Waals surface area contributed by atoms with Gasteiger partial charge in [0.15, 0.2) is 0 Å². The topological polar surface area (TPSA) is 32.3 Å². The van der Waals surface area contributed by atoms with Gasteiger partial charge in [-0.1, -0.05) is 23.7 Å². The van der Waals surface area contributed by atoms with Crippen molar-refractivity contribution < 1.29 is 0 Å². The van der Waals surface area contributed by atoms with Crippen LogP contribution in [0.15, 0.2) is 36.0 Å². The average Bonchev–Trinajstić information content (AvgIpc) is 3.00. The van der Waals surface area contributed by atoms with Crippen molar-refractivity contribution in [2.75, 3.05) is 31.1 Å². The van der Waals surface area contributed by atoms with Crippen molar-refractivity contribution in [1.82, 2.24) is 14.4 Å². The molecule has 118 valence electrons. The van der Waals surface area contributed by atoms with E-state index in [9.17, 15) is 0 Å². The molecule has 7 heteroatoms. The number of fused-ring (bicyclic) bond motifs is 1. The third kappa shape index (κ3) is 2.90. The first kappa shape index (κ1) is 15.1. The molecule has 0 atom stereocenters. The van der Waals surface area contributed by atoms with Crippen LogP contribution in [0.2, 0.25) is 5.02 Å². The number of halogens is 2. The second-order valence-corrected chi connectivity index (χ2v) is 7.20. The van der Waals surface area contributed by atoms with E-state index in [0.717, 1.165) is 58.4 Å². The summed E-state index contributed by atoms with van der Waals surface area (Å²) in [4.78, 5) is 12.3. The van der Waals surface area contributed by atoms with Gasteiger partial charge in [0.1, 0.15) is 17.0 Å². The van der Waals surface area contributed by atoms with Gasteiger partial charge in [-0.2, -0.15) is 0 Å². The summed E-state index contributed by atoms with van der Waals surface area (Å²) in [7, 11) is 0. The predicted octanol–water partition coefficient (Wildman–Crippen LogP) is 4.29. The van der Waals surface area contributed by atoms with Crippen LogP contribution < -0.4 is 4.90 Å². The Balaban J connectivity index is 1.82. The first-order chi connectivity index (χ1) is 11.2. The molecule has 0 bridgehead atoms. The number of hydrogen-bond donors (Lipinski definition) is 0. The van der Waals surface area contributed by atoms with Gasteiger partial charge in [0.25, 0.3) is 0 Å². The Bertz CT molecular complexity index is 826. The van der Waals surface area contributed by atoms with Crippen LogP contribution in [0.3, 0.4) is 0 Å². The summed E-state index contributed by atoms with van der Waals surface area (Å²) in [6.45, 7) is 3.39. The minimum atomic E-state index is 0.739. The van der Waals surface area contributed by atoms with E-state index in [-0.39, 0.29) is 0 Å². The Kier molecular flexibility index (Phi) is 4.11. The molecule has 2 aromatic heterocycles. The van der Waals surface area contributed by atoms with E-state index >= 15 is 0 Å². The molecule has 1 saturated heterocycles. The number of benzene rings is 1. The van der Waals surface area contributed by atoms with Crippen LogP contribution in [0.5, 0.6) is 0 Å². The van der Waals surface area contributed by atoms with E-state index in [0.29, 0.717) is 0 Å². The van der Waals surface area contributed by atoms with Crippen LogP contribution in [-0.4, -0.2) is 40.6 Å². The molecule has 0 unspecified atom stereocenters. The lowest BCUT2D eigenvalue weighted by molar-refractivity contribution is 0.415. The lowest BCUT2D eigenvalue weighted by Gasteiger charge is -2.32. The van der Waals surface area contributed by atoms with Crippen molar-refractivity contribution in [2.45, 2.75) is 0 Å². The SMILES string of the molecule is Clc1ccc(-c2csc3ncnc(N4CCN(Cl)CC4)c23)cc1. The first-order valence-corrected chi connectivity index (χ1v) is 8.96. The van der Waals surface area contributed by atoms with Crippen LogP contribution in [0, 0.1) is 0 Å². The Morgan fingerprint density at radius 3 is 2.48 bits per heavy atom. The fourth-order valence-electron chi connectivity index (χ4n) is 2.83. The third-order valence-electron chi connectivity index (χ3n) is 4.03. The van der Waals surface area contributed by atoms with Gasteiger partial charge in [-0.3, -0.25) is 0 Å². The van der Waals surface area contributed by atoms with Gasteiger partial charge >= 0.3 is 0 Å². The van der Waals surface area contributed by atoms with Gasteiger partial charge in [0, 0.05) is 42.1 Å². The number of aromatic nitrogens is 2. The maximum atomic E-state index is 6.07. The highest BCUT2D eigenvalue weighted by molar-refractivity contribution is 7.17. The number of nitrogens with zero attached hydrogens (tertiary/aromatic N) is 4. The lowest BCUT2D eigenvalue weighted by Crippen LogP contribution is -2.42. The lowest BCUT2D eigenvalue weighted by atomic mass is 10.1. The average molecular weight is 365 g/mol. The van der Waals surface area contributed by atoms with Crippen molar-refractivity contribution in [1.29, 1.82) is 0 Å². The van der Waals surface area contributed by atoms with E-state index in [2.05, 4.69) is 20.2 Å². The molecule has 0 amide bonds. The standard InChI is InChI=1S/C16H14Cl2N4S/c17-12-3-1-11(2-4-12)13-9-23-16-14(13)15(19-10-20-16)21-5-7-22(18)8-6-21/h1-4,9-10H,5-8H2. The van der Waals surface area contributed by atoms with E-state index in [1.165, 1.54) is 0 Å². The van der Waals surface area contributed by atoms with Crippen molar-refractivity contribution in [3.8, 4) is 11.1 Å². The monoisotopic (exact) mass is 364 g/mol. The molecule has 3 aromatic rings. The van der Waals surface area contributed by atoms with Crippen LogP contribution in [0.1, 0.15) is 0 Å². The highest BCUT2D eigenvalue weighted by Crippen LogP contribution is 2.38. The summed E-state index contributed by atoms with van der Waals surface area (Å²) < 4.78 is 1.82. The summed E-state index contributed by atoms with van der Waals surface area (Å²) in [5.41, 5.74) is 2.29. The highest BCUT2D eigenvalue weighted by Gasteiger charge is 2.21. The summed E-state index contributed by atoms with van der Waals surface area (Å²) in [6.07, 6.45) is 1.65. The fraction of sp³-hybridized carbons (Fsp3) is 0.250. The maximum Gasteiger partial charge on any atom is 0.141 e. The second kappa shape index (κ2) is 6.24. The number of anilines is 1. The van der Waals surface area contributed by atoms with Gasteiger partial charge in [0.05, 0.1) is 5.39 Å². The zero-order valence-corrected chi connectivity index (χ0v) is 14.6. The molecule has 0 aliphatic carbocycles. The molecule has 4 rings (SSSR count). The largest absolute Gasteiger partial charge is 0.353 e. The van der Waals surface area contributed by atoms with E-state index in [1.54, 1.807) is 17.7 Å². The summed E-state index contributed by atoms with van der Waals surface area (Å²) in [5, 5.41) is 4.00. The number of rotatable bonds is 2. The molecule has 1 aliphatic heterocycles. The molecular formula is C16H14Cl2N4S. The van der Waals surface area contributed by atoms with Gasteiger partial charge in [-0.05, 0) is 29.5 Å². The molecule has 0 saturated carbocycles. The Morgan fingerprint density at radius 1 is 1.00 bits per heavy atom. The van der Waals surface area contributed by atoms with Crippen LogP contribution in [0.4, 0.5) is 5.82 Å². The molecule has 1 aliphatic rings. The first-order valence-electron chi connectivity index (χ1n) is 7.36. The van der Waals surface area contributed by atoms with Crippen LogP contribution in [-0.2, 0) is 0 Å². The molecule has 0 N–H and O–H groups in total. The Hall–Kier alpha value is -1.40. The highest BCUT2D eigenvalue weighted by atomic mass is 35.5. The van der Waals surface area contributed by atoms with Gasteiger partial charge < -0.3 is 4.90 Å². The Morgan fingerprint density at radius 2 is 1.74 bits per heavy atom. The fourth-order valence-corrected chi connectivity index (χ4v) is 4.02. The van der Waals surface area contributed by atoms with E-state index in [1.807, 2.05) is 28.7 Å². The van der Waals surface area contributed by atoms with Crippen LogP contribution >= 0.6 is 34.7 Å². The van der Waals surface area contributed by atoms with Crippen molar-refractivity contribution in [2.24, 2.45) is 0 Å². The smallest absolute Gasteiger partial charge is 0.141 e. The minimum Gasteiger partial charge on any atom is -0.353 e. The molecule has 0 spiro atoms. The van der Waals surface area contributed by atoms with Crippen molar-refractivity contribution in [3.05, 3.63) is 41.0 Å². The third-order valence-corrected chi connectivity index (χ3v) is 5.51. The summed E-state index contributed by atoms with van der Waals surface area (Å²) in [5.74, 6) is 0.992. The molecule has 3 heterocycles. The normalized spacial score (nSPS) is 16.2. The second-order valence-electron chi connectivity index (χ2n) is 5.43.